The fraction of sp³-hybridized carbons (Fsp3) is 0.364. The van der Waals surface area contributed by atoms with Crippen LogP contribution in [0.25, 0.3) is 16.9 Å². The van der Waals surface area contributed by atoms with Gasteiger partial charge in [-0.15, -0.1) is 0 Å². The zero-order valence-corrected chi connectivity index (χ0v) is 17.4. The number of halogens is 1. The van der Waals surface area contributed by atoms with Crippen molar-refractivity contribution in [1.29, 1.82) is 0 Å². The van der Waals surface area contributed by atoms with Gasteiger partial charge in [0.25, 0.3) is 5.91 Å². The van der Waals surface area contributed by atoms with Crippen LogP contribution in [0.2, 0.25) is 5.02 Å². The third-order valence-electron chi connectivity index (χ3n) is 5.48. The quantitative estimate of drug-likeness (QED) is 0.677. The molecule has 4 rings (SSSR count). The van der Waals surface area contributed by atoms with Crippen LogP contribution in [0.15, 0.2) is 48.8 Å². The second-order valence-electron chi connectivity index (χ2n) is 7.35. The zero-order chi connectivity index (χ0) is 20.2. The number of pyridine rings is 1. The summed E-state index contributed by atoms with van der Waals surface area (Å²) in [6.07, 6.45) is 3.76. The first-order valence-electron chi connectivity index (χ1n) is 10.1. The Labute approximate surface area is 176 Å². The lowest BCUT2D eigenvalue weighted by atomic mass is 10.2. The Hall–Kier alpha value is -2.41. The number of nitrogens with zero attached hydrogens (tertiary/aromatic N) is 4. The van der Waals surface area contributed by atoms with Crippen LogP contribution in [0.1, 0.15) is 17.3 Å². The average molecular weight is 412 g/mol. The van der Waals surface area contributed by atoms with Crippen molar-refractivity contribution in [1.82, 2.24) is 24.5 Å². The third kappa shape index (κ3) is 4.78. The molecule has 1 saturated heterocycles. The Bertz CT molecular complexity index is 977. The number of hydrogen-bond donors (Lipinski definition) is 1. The highest BCUT2D eigenvalue weighted by molar-refractivity contribution is 6.30. The van der Waals surface area contributed by atoms with E-state index >= 15 is 0 Å². The van der Waals surface area contributed by atoms with Crippen LogP contribution >= 0.6 is 11.6 Å². The van der Waals surface area contributed by atoms with E-state index in [-0.39, 0.29) is 5.91 Å². The maximum Gasteiger partial charge on any atom is 0.252 e. The van der Waals surface area contributed by atoms with Crippen molar-refractivity contribution in [2.75, 3.05) is 45.8 Å². The van der Waals surface area contributed by atoms with E-state index in [2.05, 4.69) is 27.0 Å². The Kier molecular flexibility index (Phi) is 6.13. The summed E-state index contributed by atoms with van der Waals surface area (Å²) in [6, 6.07) is 11.3. The minimum atomic E-state index is -0.0548. The van der Waals surface area contributed by atoms with Crippen LogP contribution in [0.4, 0.5) is 0 Å². The first-order valence-corrected chi connectivity index (χ1v) is 10.5. The van der Waals surface area contributed by atoms with Crippen molar-refractivity contribution in [3.05, 3.63) is 59.4 Å². The number of rotatable bonds is 6. The number of benzene rings is 1. The predicted molar refractivity (Wildman–Crippen MR) is 117 cm³/mol. The number of amides is 1. The van der Waals surface area contributed by atoms with Gasteiger partial charge in [-0.05, 0) is 30.8 Å². The minimum absolute atomic E-state index is 0.0548. The summed E-state index contributed by atoms with van der Waals surface area (Å²) in [5.41, 5.74) is 3.28. The van der Waals surface area contributed by atoms with Gasteiger partial charge < -0.3 is 14.6 Å². The van der Waals surface area contributed by atoms with Gasteiger partial charge >= 0.3 is 0 Å². The molecule has 0 saturated carbocycles. The van der Waals surface area contributed by atoms with Crippen molar-refractivity contribution in [2.45, 2.75) is 6.92 Å². The molecule has 7 heteroatoms. The summed E-state index contributed by atoms with van der Waals surface area (Å²) in [7, 11) is 0. The van der Waals surface area contributed by atoms with Gasteiger partial charge in [-0.3, -0.25) is 9.69 Å². The Balaban J connectivity index is 1.36. The highest BCUT2D eigenvalue weighted by Gasteiger charge is 2.15. The number of hydrogen-bond acceptors (Lipinski definition) is 4. The molecule has 6 nitrogen and oxygen atoms in total. The van der Waals surface area contributed by atoms with Gasteiger partial charge in [-0.2, -0.15) is 0 Å². The van der Waals surface area contributed by atoms with Gasteiger partial charge in [0.05, 0.1) is 11.3 Å². The second kappa shape index (κ2) is 8.95. The fourth-order valence-electron chi connectivity index (χ4n) is 3.64. The Morgan fingerprint density at radius 1 is 1.03 bits per heavy atom. The van der Waals surface area contributed by atoms with Crippen LogP contribution in [0.5, 0.6) is 0 Å². The lowest BCUT2D eigenvalue weighted by Crippen LogP contribution is -2.48. The minimum Gasteiger partial charge on any atom is -0.351 e. The van der Waals surface area contributed by atoms with E-state index in [0.717, 1.165) is 56.2 Å². The maximum atomic E-state index is 12.6. The molecule has 1 amide bonds. The Morgan fingerprint density at radius 2 is 1.76 bits per heavy atom. The summed E-state index contributed by atoms with van der Waals surface area (Å²) in [4.78, 5) is 22.0. The summed E-state index contributed by atoms with van der Waals surface area (Å²) in [5.74, 6) is -0.0548. The first kappa shape index (κ1) is 19.9. The number of nitrogens with one attached hydrogen (secondary N) is 1. The SMILES string of the molecule is CCN1CCN(CCNC(=O)c2ccc3nc(-c4ccc(Cl)cc4)cn3c2)CC1. The van der Waals surface area contributed by atoms with E-state index in [4.69, 9.17) is 11.6 Å². The van der Waals surface area contributed by atoms with Gasteiger partial charge in [0, 0.05) is 62.2 Å². The van der Waals surface area contributed by atoms with Gasteiger partial charge in [-0.1, -0.05) is 30.7 Å². The van der Waals surface area contributed by atoms with Gasteiger partial charge in [0.1, 0.15) is 5.65 Å². The van der Waals surface area contributed by atoms with Crippen molar-refractivity contribution in [3.8, 4) is 11.3 Å². The van der Waals surface area contributed by atoms with Crippen LogP contribution < -0.4 is 5.32 Å². The number of piperazine rings is 1. The average Bonchev–Trinajstić information content (AvgIpc) is 3.18. The molecule has 1 N–H and O–H groups in total. The fourth-order valence-corrected chi connectivity index (χ4v) is 3.77. The molecule has 0 spiro atoms. The van der Waals surface area contributed by atoms with Crippen LogP contribution in [0, 0.1) is 0 Å². The van der Waals surface area contributed by atoms with Crippen LogP contribution in [-0.4, -0.2) is 70.9 Å². The number of carbonyl (C=O) groups excluding carboxylic acids is 1. The summed E-state index contributed by atoms with van der Waals surface area (Å²) < 4.78 is 1.89. The van der Waals surface area contributed by atoms with Crippen LogP contribution in [-0.2, 0) is 0 Å². The molecule has 0 atom stereocenters. The molecule has 0 unspecified atom stereocenters. The Morgan fingerprint density at radius 3 is 2.48 bits per heavy atom. The second-order valence-corrected chi connectivity index (χ2v) is 7.78. The summed E-state index contributed by atoms with van der Waals surface area (Å²) in [6.45, 7) is 9.21. The number of imidazole rings is 1. The largest absolute Gasteiger partial charge is 0.351 e. The standard InChI is InChI=1S/C22H26ClN5O/c1-2-26-11-13-27(14-12-26)10-9-24-22(29)18-5-8-21-25-20(16-28(21)15-18)17-3-6-19(23)7-4-17/h3-8,15-16H,2,9-14H2,1H3,(H,24,29). The third-order valence-corrected chi connectivity index (χ3v) is 5.73. The van der Waals surface area contributed by atoms with E-state index < -0.39 is 0 Å². The molecule has 1 aliphatic heterocycles. The van der Waals surface area contributed by atoms with Crippen molar-refractivity contribution in [2.24, 2.45) is 0 Å². The van der Waals surface area contributed by atoms with Crippen molar-refractivity contribution >= 4 is 23.2 Å². The van der Waals surface area contributed by atoms with E-state index in [1.807, 2.05) is 53.2 Å². The molecular formula is C22H26ClN5O. The van der Waals surface area contributed by atoms with E-state index in [1.54, 1.807) is 0 Å². The maximum absolute atomic E-state index is 12.6. The van der Waals surface area contributed by atoms with E-state index in [1.165, 1.54) is 0 Å². The molecule has 2 aromatic heterocycles. The smallest absolute Gasteiger partial charge is 0.252 e. The van der Waals surface area contributed by atoms with Gasteiger partial charge in [0.2, 0.25) is 0 Å². The molecule has 0 radical (unpaired) electrons. The monoisotopic (exact) mass is 411 g/mol. The van der Waals surface area contributed by atoms with Gasteiger partial charge in [-0.25, -0.2) is 4.98 Å². The van der Waals surface area contributed by atoms with Crippen molar-refractivity contribution < 1.29 is 4.79 Å². The first-order chi connectivity index (χ1) is 14.1. The molecule has 1 aliphatic rings. The highest BCUT2D eigenvalue weighted by atomic mass is 35.5. The van der Waals surface area contributed by atoms with Crippen LogP contribution in [0.3, 0.4) is 0 Å². The number of carbonyl (C=O) groups is 1. The molecule has 0 aliphatic carbocycles. The molecule has 3 heterocycles. The molecule has 1 fully saturated rings. The lowest BCUT2D eigenvalue weighted by Gasteiger charge is -2.33. The highest BCUT2D eigenvalue weighted by Crippen LogP contribution is 2.21. The number of likely N-dealkylation sites (N-methyl/N-ethyl adjacent to an activating group) is 1. The number of fused-ring (bicyclic) bond motifs is 1. The molecule has 0 bridgehead atoms. The molecule has 152 valence electrons. The van der Waals surface area contributed by atoms with Crippen molar-refractivity contribution in [3.63, 3.8) is 0 Å². The topological polar surface area (TPSA) is 52.9 Å². The summed E-state index contributed by atoms with van der Waals surface area (Å²) in [5, 5.41) is 3.74. The van der Waals surface area contributed by atoms with E-state index in [9.17, 15) is 4.79 Å². The molecular weight excluding hydrogens is 386 g/mol. The zero-order valence-electron chi connectivity index (χ0n) is 16.6. The normalized spacial score (nSPS) is 15.7. The predicted octanol–water partition coefficient (Wildman–Crippen LogP) is 3.02. The molecule has 29 heavy (non-hydrogen) atoms. The summed E-state index contributed by atoms with van der Waals surface area (Å²) >= 11 is 5.96. The molecule has 3 aromatic rings. The van der Waals surface area contributed by atoms with E-state index in [0.29, 0.717) is 17.1 Å². The van der Waals surface area contributed by atoms with Gasteiger partial charge in [0.15, 0.2) is 0 Å². The lowest BCUT2D eigenvalue weighted by molar-refractivity contribution is 0.0937. The number of aromatic nitrogens is 2. The molecule has 1 aromatic carbocycles.